The minimum atomic E-state index is -0.120. The monoisotopic (exact) mass is 264 g/mol. The van der Waals surface area contributed by atoms with Crippen molar-refractivity contribution in [2.75, 3.05) is 37.8 Å². The molecule has 1 aromatic carbocycles. The van der Waals surface area contributed by atoms with Crippen LogP contribution in [0.25, 0.3) is 0 Å². The number of morpholine rings is 1. The molecule has 2 aliphatic rings. The third kappa shape index (κ3) is 2.36. The molecule has 1 unspecified atom stereocenters. The number of carbonyl (C=O) groups excluding carboxylic acids is 1. The highest BCUT2D eigenvalue weighted by Gasteiger charge is 2.27. The van der Waals surface area contributed by atoms with Crippen molar-refractivity contribution in [3.63, 3.8) is 0 Å². The lowest BCUT2D eigenvalue weighted by Crippen LogP contribution is -2.49. The van der Waals surface area contributed by atoms with Gasteiger partial charge in [-0.25, -0.2) is 0 Å². The molecule has 1 aromatic rings. The summed E-state index contributed by atoms with van der Waals surface area (Å²) in [6, 6.07) is 5.50. The minimum absolute atomic E-state index is 0.0658. The Morgan fingerprint density at radius 1 is 1.26 bits per heavy atom. The summed E-state index contributed by atoms with van der Waals surface area (Å²) < 4.78 is 16.3. The second kappa shape index (κ2) is 5.07. The summed E-state index contributed by atoms with van der Waals surface area (Å²) in [4.78, 5) is 13.6. The molecular formula is C13H16N2O4. The van der Waals surface area contributed by atoms with E-state index in [4.69, 9.17) is 19.9 Å². The fourth-order valence-corrected chi connectivity index (χ4v) is 2.22. The van der Waals surface area contributed by atoms with Crippen LogP contribution in [-0.4, -0.2) is 44.9 Å². The molecule has 1 amide bonds. The van der Waals surface area contributed by atoms with E-state index < -0.39 is 0 Å². The van der Waals surface area contributed by atoms with E-state index >= 15 is 0 Å². The third-order valence-corrected chi connectivity index (χ3v) is 3.23. The number of hydrogen-bond acceptors (Lipinski definition) is 5. The average molecular weight is 264 g/mol. The van der Waals surface area contributed by atoms with Crippen molar-refractivity contribution in [2.45, 2.75) is 6.10 Å². The van der Waals surface area contributed by atoms with Crippen molar-refractivity contribution in [1.82, 2.24) is 0 Å². The number of amides is 1. The Morgan fingerprint density at radius 2 is 2.05 bits per heavy atom. The maximum absolute atomic E-state index is 11.9. The summed E-state index contributed by atoms with van der Waals surface area (Å²) in [6.45, 7) is 2.01. The lowest BCUT2D eigenvalue weighted by Gasteiger charge is -2.32. The van der Waals surface area contributed by atoms with E-state index in [2.05, 4.69) is 0 Å². The van der Waals surface area contributed by atoms with Crippen LogP contribution in [0.1, 0.15) is 0 Å². The zero-order valence-corrected chi connectivity index (χ0v) is 10.5. The summed E-state index contributed by atoms with van der Waals surface area (Å²) in [7, 11) is 0. The van der Waals surface area contributed by atoms with Crippen LogP contribution in [0.4, 0.5) is 5.69 Å². The number of rotatable bonds is 2. The van der Waals surface area contributed by atoms with Crippen LogP contribution >= 0.6 is 0 Å². The highest BCUT2D eigenvalue weighted by molar-refractivity contribution is 5.95. The summed E-state index contributed by atoms with van der Waals surface area (Å²) >= 11 is 0. The Morgan fingerprint density at radius 3 is 2.84 bits per heavy atom. The maximum Gasteiger partial charge on any atom is 0.253 e. The number of fused-ring (bicyclic) bond motifs is 1. The SMILES string of the molecule is NCC1CN(c2ccc3c(c2)OCCO3)C(=O)CO1. The Balaban J connectivity index is 1.86. The van der Waals surface area contributed by atoms with Gasteiger partial charge in [0.25, 0.3) is 5.91 Å². The lowest BCUT2D eigenvalue weighted by atomic mass is 10.2. The number of nitrogens with two attached hydrogens (primary N) is 1. The van der Waals surface area contributed by atoms with Gasteiger partial charge in [-0.05, 0) is 12.1 Å². The van der Waals surface area contributed by atoms with Crippen LogP contribution in [-0.2, 0) is 9.53 Å². The molecule has 3 rings (SSSR count). The van der Waals surface area contributed by atoms with Gasteiger partial charge in [0.1, 0.15) is 19.8 Å². The average Bonchev–Trinajstić information content (AvgIpc) is 2.47. The predicted octanol–water partition coefficient (Wildman–Crippen LogP) is 0.148. The Kier molecular flexibility index (Phi) is 3.27. The minimum Gasteiger partial charge on any atom is -0.486 e. The summed E-state index contributed by atoms with van der Waals surface area (Å²) in [5, 5.41) is 0. The van der Waals surface area contributed by atoms with Gasteiger partial charge in [-0.3, -0.25) is 4.79 Å². The molecule has 2 aliphatic heterocycles. The third-order valence-electron chi connectivity index (χ3n) is 3.23. The molecule has 0 saturated carbocycles. The maximum atomic E-state index is 11.9. The van der Waals surface area contributed by atoms with E-state index in [9.17, 15) is 4.79 Å². The van der Waals surface area contributed by atoms with E-state index in [0.717, 1.165) is 5.69 Å². The van der Waals surface area contributed by atoms with E-state index in [0.29, 0.717) is 37.8 Å². The molecule has 1 saturated heterocycles. The predicted molar refractivity (Wildman–Crippen MR) is 68.6 cm³/mol. The molecule has 6 heteroatoms. The van der Waals surface area contributed by atoms with Crippen LogP contribution in [0.2, 0.25) is 0 Å². The standard InChI is InChI=1S/C13H16N2O4/c14-6-10-7-15(13(16)8-19-10)9-1-2-11-12(5-9)18-4-3-17-11/h1-2,5,10H,3-4,6-8,14H2. The van der Waals surface area contributed by atoms with Crippen molar-refractivity contribution < 1.29 is 19.0 Å². The Hall–Kier alpha value is -1.79. The van der Waals surface area contributed by atoms with Gasteiger partial charge in [0.15, 0.2) is 11.5 Å². The zero-order valence-electron chi connectivity index (χ0n) is 10.5. The number of ether oxygens (including phenoxy) is 3. The number of hydrogen-bond donors (Lipinski definition) is 1. The number of benzene rings is 1. The molecule has 1 atom stereocenters. The van der Waals surface area contributed by atoms with Gasteiger partial charge >= 0.3 is 0 Å². The zero-order chi connectivity index (χ0) is 13.2. The Labute approximate surface area is 111 Å². The van der Waals surface area contributed by atoms with Gasteiger partial charge in [0, 0.05) is 18.3 Å². The van der Waals surface area contributed by atoms with Crippen LogP contribution in [0.5, 0.6) is 11.5 Å². The molecular weight excluding hydrogens is 248 g/mol. The van der Waals surface area contributed by atoms with Crippen LogP contribution in [0, 0.1) is 0 Å². The number of carbonyl (C=O) groups is 1. The van der Waals surface area contributed by atoms with Crippen molar-refractivity contribution >= 4 is 11.6 Å². The summed E-state index contributed by atoms with van der Waals surface area (Å²) in [5.41, 5.74) is 6.38. The van der Waals surface area contributed by atoms with Crippen molar-refractivity contribution in [3.05, 3.63) is 18.2 Å². The first-order chi connectivity index (χ1) is 9.28. The molecule has 0 aromatic heterocycles. The molecule has 19 heavy (non-hydrogen) atoms. The first kappa shape index (κ1) is 12.3. The molecule has 2 heterocycles. The van der Waals surface area contributed by atoms with E-state index in [1.54, 1.807) is 4.90 Å². The molecule has 0 bridgehead atoms. The van der Waals surface area contributed by atoms with Gasteiger partial charge in [-0.15, -0.1) is 0 Å². The van der Waals surface area contributed by atoms with E-state index in [1.165, 1.54) is 0 Å². The molecule has 2 N–H and O–H groups in total. The van der Waals surface area contributed by atoms with Gasteiger partial charge in [0.2, 0.25) is 0 Å². The second-order valence-corrected chi connectivity index (χ2v) is 4.50. The quantitative estimate of drug-likeness (QED) is 0.823. The van der Waals surface area contributed by atoms with E-state index in [-0.39, 0.29) is 18.6 Å². The van der Waals surface area contributed by atoms with Crippen molar-refractivity contribution in [3.8, 4) is 11.5 Å². The van der Waals surface area contributed by atoms with Crippen molar-refractivity contribution in [1.29, 1.82) is 0 Å². The second-order valence-electron chi connectivity index (χ2n) is 4.50. The molecule has 1 fully saturated rings. The molecule has 6 nitrogen and oxygen atoms in total. The van der Waals surface area contributed by atoms with Gasteiger partial charge in [-0.1, -0.05) is 0 Å². The molecule has 102 valence electrons. The first-order valence-corrected chi connectivity index (χ1v) is 6.29. The summed E-state index contributed by atoms with van der Waals surface area (Å²) in [5.74, 6) is 1.32. The summed E-state index contributed by atoms with van der Waals surface area (Å²) in [6.07, 6.45) is -0.120. The van der Waals surface area contributed by atoms with Gasteiger partial charge in [-0.2, -0.15) is 0 Å². The van der Waals surface area contributed by atoms with E-state index in [1.807, 2.05) is 18.2 Å². The molecule has 0 aliphatic carbocycles. The highest BCUT2D eigenvalue weighted by Crippen LogP contribution is 2.34. The fourth-order valence-electron chi connectivity index (χ4n) is 2.22. The van der Waals surface area contributed by atoms with Crippen LogP contribution < -0.4 is 20.1 Å². The largest absolute Gasteiger partial charge is 0.486 e. The Bertz CT molecular complexity index is 492. The van der Waals surface area contributed by atoms with Crippen LogP contribution in [0.3, 0.4) is 0 Å². The number of anilines is 1. The fraction of sp³-hybridized carbons (Fsp3) is 0.462. The normalized spacial score (nSPS) is 22.5. The van der Waals surface area contributed by atoms with Gasteiger partial charge in [0.05, 0.1) is 12.6 Å². The smallest absolute Gasteiger partial charge is 0.253 e. The van der Waals surface area contributed by atoms with Gasteiger partial charge < -0.3 is 24.8 Å². The topological polar surface area (TPSA) is 74.0 Å². The highest BCUT2D eigenvalue weighted by atomic mass is 16.6. The molecule has 0 radical (unpaired) electrons. The van der Waals surface area contributed by atoms with Crippen molar-refractivity contribution in [2.24, 2.45) is 5.73 Å². The first-order valence-electron chi connectivity index (χ1n) is 6.29. The molecule has 0 spiro atoms. The number of nitrogens with zero attached hydrogens (tertiary/aromatic N) is 1. The van der Waals surface area contributed by atoms with Crippen LogP contribution in [0.15, 0.2) is 18.2 Å². The lowest BCUT2D eigenvalue weighted by molar-refractivity contribution is -0.128.